The normalized spacial score (nSPS) is 23.3. The van der Waals surface area contributed by atoms with E-state index < -0.39 is 5.41 Å². The summed E-state index contributed by atoms with van der Waals surface area (Å²) in [6.45, 7) is 0. The number of nitrogens with two attached hydrogens (primary N) is 1. The van der Waals surface area contributed by atoms with Crippen LogP contribution in [-0.4, -0.2) is 16.9 Å². The molecule has 1 fully saturated rings. The van der Waals surface area contributed by atoms with E-state index in [9.17, 15) is 4.79 Å². The predicted octanol–water partition coefficient (Wildman–Crippen LogP) is 2.51. The molecule has 4 heteroatoms. The van der Waals surface area contributed by atoms with Gasteiger partial charge in [-0.1, -0.05) is 49.3 Å². The number of aryl methyl sites for hydroxylation is 1. The van der Waals surface area contributed by atoms with Crippen molar-refractivity contribution in [3.05, 3.63) is 35.4 Å². The maximum atomic E-state index is 12.7. The van der Waals surface area contributed by atoms with Gasteiger partial charge in [-0.05, 0) is 43.2 Å². The Bertz CT molecular complexity index is 564. The molecule has 0 heterocycles. The van der Waals surface area contributed by atoms with Gasteiger partial charge in [0.15, 0.2) is 0 Å². The van der Waals surface area contributed by atoms with Crippen LogP contribution in [0.4, 0.5) is 0 Å². The summed E-state index contributed by atoms with van der Waals surface area (Å²) in [6.07, 6.45) is 6.62. The maximum absolute atomic E-state index is 12.7. The van der Waals surface area contributed by atoms with Gasteiger partial charge in [0.1, 0.15) is 0 Å². The first-order valence-corrected chi connectivity index (χ1v) is 8.20. The van der Waals surface area contributed by atoms with Gasteiger partial charge >= 0.3 is 0 Å². The third kappa shape index (κ3) is 2.69. The van der Waals surface area contributed by atoms with Crippen LogP contribution in [-0.2, 0) is 17.6 Å². The van der Waals surface area contributed by atoms with Gasteiger partial charge < -0.3 is 11.1 Å². The third-order valence-corrected chi connectivity index (χ3v) is 5.44. The minimum absolute atomic E-state index is 0.0527. The number of amides is 1. The molecule has 2 aliphatic rings. The molecule has 1 aromatic rings. The number of rotatable bonds is 3. The smallest absolute Gasteiger partial charge is 0.233 e. The highest BCUT2D eigenvalue weighted by molar-refractivity contribution is 7.80. The second kappa shape index (κ2) is 5.76. The third-order valence-electron chi connectivity index (χ3n) is 5.05. The Kier molecular flexibility index (Phi) is 3.98. The zero-order chi connectivity index (χ0) is 14.9. The van der Waals surface area contributed by atoms with Crippen LogP contribution in [0, 0.1) is 5.41 Å². The lowest BCUT2D eigenvalue weighted by Gasteiger charge is -2.31. The Morgan fingerprint density at radius 3 is 2.57 bits per heavy atom. The van der Waals surface area contributed by atoms with Crippen LogP contribution in [0.25, 0.3) is 0 Å². The number of thiocarbonyl (C=S) groups is 1. The first-order chi connectivity index (χ1) is 10.1. The monoisotopic (exact) mass is 302 g/mol. The highest BCUT2D eigenvalue weighted by Gasteiger charge is 2.44. The zero-order valence-corrected chi connectivity index (χ0v) is 13.0. The summed E-state index contributed by atoms with van der Waals surface area (Å²) in [7, 11) is 0. The van der Waals surface area contributed by atoms with Gasteiger partial charge in [0.05, 0.1) is 10.4 Å². The fourth-order valence-electron chi connectivity index (χ4n) is 3.71. The predicted molar refractivity (Wildman–Crippen MR) is 88.1 cm³/mol. The van der Waals surface area contributed by atoms with Gasteiger partial charge in [-0.25, -0.2) is 0 Å². The van der Waals surface area contributed by atoms with Crippen LogP contribution >= 0.6 is 12.2 Å². The van der Waals surface area contributed by atoms with Gasteiger partial charge in [-0.15, -0.1) is 0 Å². The van der Waals surface area contributed by atoms with Gasteiger partial charge in [-0.3, -0.25) is 4.79 Å². The molecule has 21 heavy (non-hydrogen) atoms. The summed E-state index contributed by atoms with van der Waals surface area (Å²) in [5.41, 5.74) is 8.06. The molecule has 3 N–H and O–H groups in total. The van der Waals surface area contributed by atoms with E-state index in [0.717, 1.165) is 44.9 Å². The van der Waals surface area contributed by atoms with E-state index in [1.165, 1.54) is 11.1 Å². The summed E-state index contributed by atoms with van der Waals surface area (Å²) in [4.78, 5) is 13.1. The van der Waals surface area contributed by atoms with Crippen molar-refractivity contribution in [2.75, 3.05) is 0 Å². The molecule has 0 saturated heterocycles. The Balaban J connectivity index is 1.70. The van der Waals surface area contributed by atoms with Crippen LogP contribution < -0.4 is 11.1 Å². The van der Waals surface area contributed by atoms with Crippen molar-refractivity contribution in [3.8, 4) is 0 Å². The molecule has 1 atom stereocenters. The Hall–Kier alpha value is -1.42. The van der Waals surface area contributed by atoms with Crippen molar-refractivity contribution in [2.24, 2.45) is 11.1 Å². The minimum Gasteiger partial charge on any atom is -0.392 e. The number of benzene rings is 1. The molecule has 0 aromatic heterocycles. The number of fused-ring (bicyclic) bond motifs is 1. The van der Waals surface area contributed by atoms with Crippen LogP contribution in [0.3, 0.4) is 0 Å². The van der Waals surface area contributed by atoms with Crippen molar-refractivity contribution in [2.45, 2.75) is 51.0 Å². The molecule has 1 saturated carbocycles. The average Bonchev–Trinajstić information content (AvgIpc) is 2.98. The van der Waals surface area contributed by atoms with E-state index in [2.05, 4.69) is 29.6 Å². The van der Waals surface area contributed by atoms with Gasteiger partial charge in [-0.2, -0.15) is 0 Å². The van der Waals surface area contributed by atoms with Crippen molar-refractivity contribution in [1.29, 1.82) is 0 Å². The van der Waals surface area contributed by atoms with Crippen molar-refractivity contribution in [3.63, 3.8) is 0 Å². The van der Waals surface area contributed by atoms with Crippen molar-refractivity contribution < 1.29 is 4.79 Å². The van der Waals surface area contributed by atoms with Gasteiger partial charge in [0, 0.05) is 6.04 Å². The number of hydrogen-bond donors (Lipinski definition) is 2. The molecule has 2 aliphatic carbocycles. The zero-order valence-electron chi connectivity index (χ0n) is 12.2. The van der Waals surface area contributed by atoms with E-state index in [1.807, 2.05) is 0 Å². The standard InChI is InChI=1S/C17H22N2OS/c18-15(21)17(9-3-4-10-17)16(20)19-14-8-7-12-5-1-2-6-13(12)11-14/h1-2,5-6,14H,3-4,7-11H2,(H2,18,21)(H,19,20). The van der Waals surface area contributed by atoms with E-state index in [1.54, 1.807) is 0 Å². The van der Waals surface area contributed by atoms with Gasteiger partial charge in [0.2, 0.25) is 5.91 Å². The van der Waals surface area contributed by atoms with E-state index >= 15 is 0 Å². The lowest BCUT2D eigenvalue weighted by atomic mass is 9.83. The average molecular weight is 302 g/mol. The van der Waals surface area contributed by atoms with Crippen molar-refractivity contribution >= 4 is 23.1 Å². The number of hydrogen-bond acceptors (Lipinski definition) is 2. The molecule has 0 radical (unpaired) electrons. The first kappa shape index (κ1) is 14.5. The number of carbonyl (C=O) groups excluding carboxylic acids is 1. The Morgan fingerprint density at radius 1 is 1.24 bits per heavy atom. The second-order valence-corrected chi connectivity index (χ2v) is 6.78. The quantitative estimate of drug-likeness (QED) is 0.844. The number of nitrogens with one attached hydrogen (secondary N) is 1. The molecule has 3 nitrogen and oxygen atoms in total. The molecule has 0 spiro atoms. The molecule has 1 unspecified atom stereocenters. The van der Waals surface area contributed by atoms with Gasteiger partial charge in [0.25, 0.3) is 0 Å². The second-order valence-electron chi connectivity index (χ2n) is 6.34. The molecule has 112 valence electrons. The first-order valence-electron chi connectivity index (χ1n) is 7.79. The largest absolute Gasteiger partial charge is 0.392 e. The highest BCUT2D eigenvalue weighted by Crippen LogP contribution is 2.39. The van der Waals surface area contributed by atoms with Crippen molar-refractivity contribution in [1.82, 2.24) is 5.32 Å². The topological polar surface area (TPSA) is 55.1 Å². The molecule has 1 aromatic carbocycles. The molecule has 1 amide bonds. The van der Waals surface area contributed by atoms with Crippen LogP contribution in [0.15, 0.2) is 24.3 Å². The summed E-state index contributed by atoms with van der Waals surface area (Å²) in [5, 5.41) is 3.22. The lowest BCUT2D eigenvalue weighted by Crippen LogP contribution is -2.51. The fourth-order valence-corrected chi connectivity index (χ4v) is 4.01. The minimum atomic E-state index is -0.591. The highest BCUT2D eigenvalue weighted by atomic mass is 32.1. The maximum Gasteiger partial charge on any atom is 0.233 e. The summed E-state index contributed by atoms with van der Waals surface area (Å²) in [6, 6.07) is 8.70. The molecular weight excluding hydrogens is 280 g/mol. The van der Waals surface area contributed by atoms with E-state index in [-0.39, 0.29) is 11.9 Å². The van der Waals surface area contributed by atoms with Crippen LogP contribution in [0.5, 0.6) is 0 Å². The molecule has 0 aliphatic heterocycles. The van der Waals surface area contributed by atoms with E-state index in [0.29, 0.717) is 4.99 Å². The Labute approximate surface area is 131 Å². The van der Waals surface area contributed by atoms with Crippen LogP contribution in [0.2, 0.25) is 0 Å². The number of carbonyl (C=O) groups is 1. The van der Waals surface area contributed by atoms with Crippen LogP contribution in [0.1, 0.15) is 43.2 Å². The lowest BCUT2D eigenvalue weighted by molar-refractivity contribution is -0.128. The SMILES string of the molecule is NC(=S)C1(C(=O)NC2CCc3ccccc3C2)CCCC1. The Morgan fingerprint density at radius 2 is 1.90 bits per heavy atom. The molecule has 0 bridgehead atoms. The summed E-state index contributed by atoms with van der Waals surface area (Å²) < 4.78 is 0. The summed E-state index contributed by atoms with van der Waals surface area (Å²) in [5.74, 6) is 0.0527. The summed E-state index contributed by atoms with van der Waals surface area (Å²) >= 11 is 5.19. The molecular formula is C17H22N2OS. The molecule has 3 rings (SSSR count). The van der Waals surface area contributed by atoms with E-state index in [4.69, 9.17) is 18.0 Å². The fraction of sp³-hybridized carbons (Fsp3) is 0.529.